The third-order valence-corrected chi connectivity index (χ3v) is 5.64. The number of nitrogens with one attached hydrogen (secondary N) is 2. The number of piperidine rings is 1. The maximum atomic E-state index is 13.1. The van der Waals surface area contributed by atoms with Crippen molar-refractivity contribution in [2.24, 2.45) is 11.8 Å². The van der Waals surface area contributed by atoms with Gasteiger partial charge in [0.05, 0.1) is 11.1 Å². The molecule has 0 aromatic heterocycles. The Bertz CT molecular complexity index is 690. The Hall–Kier alpha value is -2.05. The largest absolute Gasteiger partial charge is 0.417 e. The number of hydrogen-bond acceptors (Lipinski definition) is 2. The van der Waals surface area contributed by atoms with Crippen LogP contribution in [0.4, 0.5) is 13.2 Å². The van der Waals surface area contributed by atoms with Crippen LogP contribution in [0.25, 0.3) is 0 Å². The molecule has 2 N–H and O–H groups in total. The molecule has 4 nitrogen and oxygen atoms in total. The predicted molar refractivity (Wildman–Crippen MR) is 90.4 cm³/mol. The van der Waals surface area contributed by atoms with Gasteiger partial charge in [0.1, 0.15) is 0 Å². The number of amides is 2. The molecule has 7 heteroatoms. The number of alkyl halides is 3. The number of fused-ring (bicyclic) bond motifs is 1. The molecule has 2 fully saturated rings. The molecule has 1 aliphatic carbocycles. The molecule has 0 bridgehead atoms. The highest BCUT2D eigenvalue weighted by atomic mass is 19.4. The monoisotopic (exact) mass is 368 g/mol. The van der Waals surface area contributed by atoms with Gasteiger partial charge in [-0.25, -0.2) is 0 Å². The topological polar surface area (TPSA) is 58.2 Å². The van der Waals surface area contributed by atoms with Crippen molar-refractivity contribution in [2.45, 2.75) is 57.3 Å². The van der Waals surface area contributed by atoms with Crippen molar-refractivity contribution in [3.8, 4) is 0 Å². The maximum absolute atomic E-state index is 13.1. The lowest BCUT2D eigenvalue weighted by Gasteiger charge is -2.44. The van der Waals surface area contributed by atoms with E-state index in [2.05, 4.69) is 17.6 Å². The third kappa shape index (κ3) is 3.86. The zero-order valence-electron chi connectivity index (χ0n) is 14.6. The van der Waals surface area contributed by atoms with Crippen molar-refractivity contribution in [3.05, 3.63) is 35.4 Å². The fraction of sp³-hybridized carbons (Fsp3) is 0.579. The number of carbonyl (C=O) groups is 2. The summed E-state index contributed by atoms with van der Waals surface area (Å²) >= 11 is 0. The fourth-order valence-electron chi connectivity index (χ4n) is 4.35. The summed E-state index contributed by atoms with van der Waals surface area (Å²) in [4.78, 5) is 24.3. The molecule has 4 unspecified atom stereocenters. The maximum Gasteiger partial charge on any atom is 0.417 e. The van der Waals surface area contributed by atoms with Crippen LogP contribution in [0, 0.1) is 11.8 Å². The van der Waals surface area contributed by atoms with Crippen molar-refractivity contribution < 1.29 is 22.8 Å². The van der Waals surface area contributed by atoms with Crippen LogP contribution in [0.2, 0.25) is 0 Å². The van der Waals surface area contributed by atoms with Crippen LogP contribution in [0.15, 0.2) is 24.3 Å². The van der Waals surface area contributed by atoms with E-state index in [0.29, 0.717) is 31.1 Å². The Kier molecular flexibility index (Phi) is 5.25. The minimum Gasteiger partial charge on any atom is -0.353 e. The van der Waals surface area contributed by atoms with Crippen LogP contribution < -0.4 is 10.6 Å². The number of benzene rings is 1. The number of halogens is 3. The molecule has 26 heavy (non-hydrogen) atoms. The summed E-state index contributed by atoms with van der Waals surface area (Å²) in [5.74, 6) is 0.0349. The quantitative estimate of drug-likeness (QED) is 0.858. The van der Waals surface area contributed by atoms with Crippen LogP contribution in [0.5, 0.6) is 0 Å². The summed E-state index contributed by atoms with van der Waals surface area (Å²) < 4.78 is 39.3. The zero-order chi connectivity index (χ0) is 18.9. The second kappa shape index (κ2) is 7.29. The van der Waals surface area contributed by atoms with Gasteiger partial charge in [-0.05, 0) is 43.2 Å². The van der Waals surface area contributed by atoms with E-state index >= 15 is 0 Å². The zero-order valence-corrected chi connectivity index (χ0v) is 14.6. The summed E-state index contributed by atoms with van der Waals surface area (Å²) in [6, 6.07) is 4.55. The van der Waals surface area contributed by atoms with Gasteiger partial charge in [-0.2, -0.15) is 13.2 Å². The molecule has 1 saturated heterocycles. The van der Waals surface area contributed by atoms with Crippen LogP contribution in [0.1, 0.15) is 54.9 Å². The average Bonchev–Trinajstić information content (AvgIpc) is 2.59. The highest BCUT2D eigenvalue weighted by Crippen LogP contribution is 2.37. The summed E-state index contributed by atoms with van der Waals surface area (Å²) in [7, 11) is 0. The Balaban J connectivity index is 1.69. The molecule has 1 heterocycles. The first-order chi connectivity index (χ1) is 12.3. The average molecular weight is 368 g/mol. The molecular weight excluding hydrogens is 345 g/mol. The highest BCUT2D eigenvalue weighted by molar-refractivity contribution is 5.96. The van der Waals surface area contributed by atoms with Crippen molar-refractivity contribution in [1.29, 1.82) is 0 Å². The van der Waals surface area contributed by atoms with Crippen molar-refractivity contribution in [3.63, 3.8) is 0 Å². The first-order valence-electron chi connectivity index (χ1n) is 9.06. The van der Waals surface area contributed by atoms with E-state index in [0.717, 1.165) is 18.9 Å². The first-order valence-corrected chi connectivity index (χ1v) is 9.06. The van der Waals surface area contributed by atoms with Gasteiger partial charge in [0.15, 0.2) is 0 Å². The van der Waals surface area contributed by atoms with Gasteiger partial charge in [0.2, 0.25) is 5.91 Å². The summed E-state index contributed by atoms with van der Waals surface area (Å²) in [6.45, 7) is 2.07. The first kappa shape index (κ1) is 18.7. The number of carbonyl (C=O) groups excluding carboxylic acids is 2. The van der Waals surface area contributed by atoms with E-state index in [1.54, 1.807) is 0 Å². The van der Waals surface area contributed by atoms with Gasteiger partial charge in [-0.3, -0.25) is 9.59 Å². The van der Waals surface area contributed by atoms with E-state index in [-0.39, 0.29) is 23.6 Å². The molecule has 1 aromatic rings. The summed E-state index contributed by atoms with van der Waals surface area (Å²) in [6.07, 6.45) is -0.967. The van der Waals surface area contributed by atoms with E-state index in [1.165, 1.54) is 18.2 Å². The molecule has 2 aliphatic rings. The Morgan fingerprint density at radius 3 is 2.69 bits per heavy atom. The molecule has 3 rings (SSSR count). The molecule has 142 valence electrons. The van der Waals surface area contributed by atoms with Crippen molar-refractivity contribution in [2.75, 3.05) is 0 Å². The Morgan fingerprint density at radius 2 is 2.00 bits per heavy atom. The van der Waals surface area contributed by atoms with Crippen molar-refractivity contribution >= 4 is 11.8 Å². The summed E-state index contributed by atoms with van der Waals surface area (Å²) in [5, 5.41) is 5.73. The van der Waals surface area contributed by atoms with Crippen LogP contribution in [-0.2, 0) is 11.0 Å². The van der Waals surface area contributed by atoms with Gasteiger partial charge in [0, 0.05) is 18.5 Å². The van der Waals surface area contributed by atoms with Crippen molar-refractivity contribution in [1.82, 2.24) is 10.6 Å². The minimum absolute atomic E-state index is 0.0156. The lowest BCUT2D eigenvalue weighted by Crippen LogP contribution is -2.55. The summed E-state index contributed by atoms with van der Waals surface area (Å²) in [5.41, 5.74) is -1.29. The Labute approximate surface area is 150 Å². The van der Waals surface area contributed by atoms with Gasteiger partial charge in [-0.1, -0.05) is 25.5 Å². The minimum atomic E-state index is -4.57. The molecule has 0 spiro atoms. The highest BCUT2D eigenvalue weighted by Gasteiger charge is 2.41. The van der Waals surface area contributed by atoms with Crippen LogP contribution in [-0.4, -0.2) is 23.9 Å². The second-order valence-corrected chi connectivity index (χ2v) is 7.24. The van der Waals surface area contributed by atoms with E-state index in [4.69, 9.17) is 0 Å². The molecule has 0 radical (unpaired) electrons. The van der Waals surface area contributed by atoms with Gasteiger partial charge in [-0.15, -0.1) is 0 Å². The van der Waals surface area contributed by atoms with Crippen LogP contribution in [0.3, 0.4) is 0 Å². The molecular formula is C19H23F3N2O2. The SMILES string of the molecule is CCC1CC(=O)NC2CC(NC(=O)c3ccccc3C(F)(F)F)CCC12. The molecule has 2 amide bonds. The third-order valence-electron chi connectivity index (χ3n) is 5.64. The Morgan fingerprint density at radius 1 is 1.27 bits per heavy atom. The smallest absolute Gasteiger partial charge is 0.353 e. The fourth-order valence-corrected chi connectivity index (χ4v) is 4.35. The lowest BCUT2D eigenvalue weighted by molar-refractivity contribution is -0.138. The number of rotatable bonds is 3. The lowest BCUT2D eigenvalue weighted by atomic mass is 9.70. The standard InChI is InChI=1S/C19H23F3N2O2/c1-2-11-9-17(25)24-16-10-12(7-8-13(11)16)23-18(26)14-5-3-4-6-15(14)19(20,21)22/h3-6,11-13,16H,2,7-10H2,1H3,(H,23,26)(H,24,25). The molecule has 1 aromatic carbocycles. The molecule has 1 saturated carbocycles. The van der Waals surface area contributed by atoms with E-state index < -0.39 is 17.6 Å². The molecule has 4 atom stereocenters. The van der Waals surface area contributed by atoms with E-state index in [1.807, 2.05) is 0 Å². The second-order valence-electron chi connectivity index (χ2n) is 7.24. The molecule has 1 aliphatic heterocycles. The predicted octanol–water partition coefficient (Wildman–Crippen LogP) is 3.52. The van der Waals surface area contributed by atoms with Crippen LogP contribution >= 0.6 is 0 Å². The van der Waals surface area contributed by atoms with E-state index in [9.17, 15) is 22.8 Å². The normalized spacial score (nSPS) is 28.8. The van der Waals surface area contributed by atoms with Gasteiger partial charge < -0.3 is 10.6 Å². The van der Waals surface area contributed by atoms with Gasteiger partial charge in [0.25, 0.3) is 5.91 Å². The number of hydrogen-bond donors (Lipinski definition) is 2. The van der Waals surface area contributed by atoms with Gasteiger partial charge >= 0.3 is 6.18 Å².